The number of carbonyl (C=O) groups is 1. The molecule has 1 aliphatic heterocycles. The predicted octanol–water partition coefficient (Wildman–Crippen LogP) is 0.633. The van der Waals surface area contributed by atoms with E-state index >= 15 is 0 Å². The molecule has 0 saturated heterocycles. The van der Waals surface area contributed by atoms with Gasteiger partial charge in [-0.1, -0.05) is 24.3 Å². The Labute approximate surface area is 135 Å². The molecule has 0 bridgehead atoms. The predicted molar refractivity (Wildman–Crippen MR) is 88.4 cm³/mol. The van der Waals surface area contributed by atoms with Crippen molar-refractivity contribution in [3.05, 3.63) is 46.9 Å². The van der Waals surface area contributed by atoms with Gasteiger partial charge in [-0.25, -0.2) is 8.42 Å². The van der Waals surface area contributed by atoms with Gasteiger partial charge in [0.15, 0.2) is 9.84 Å². The van der Waals surface area contributed by atoms with Crippen LogP contribution in [0, 0.1) is 0 Å². The van der Waals surface area contributed by atoms with Gasteiger partial charge in [0.05, 0.1) is 4.90 Å². The molecule has 2 rings (SSSR count). The lowest BCUT2D eigenvalue weighted by Crippen LogP contribution is -2.37. The summed E-state index contributed by atoms with van der Waals surface area (Å²) in [5.41, 5.74) is 6.72. The fraction of sp³-hybridized carbons (Fsp3) is 0.312. The standard InChI is InChI=1S/C16H20N2O4S/c1-22-14(16(19)18-8-3-2-7-17)10-12-4-5-13-6-9-23(20,21)15(13)11-12/h2-6,9,11,14H,7-8,10,17H2,1H3,(H,18,19)/b3-2+/t14-/m0/s1. The van der Waals surface area contributed by atoms with Crippen molar-refractivity contribution in [1.29, 1.82) is 0 Å². The topological polar surface area (TPSA) is 98.5 Å². The largest absolute Gasteiger partial charge is 0.371 e. The van der Waals surface area contributed by atoms with Crippen LogP contribution in [0.1, 0.15) is 11.1 Å². The average molecular weight is 336 g/mol. The third kappa shape index (κ3) is 4.28. The van der Waals surface area contributed by atoms with Crippen LogP contribution in [0.3, 0.4) is 0 Å². The molecule has 23 heavy (non-hydrogen) atoms. The van der Waals surface area contributed by atoms with Gasteiger partial charge >= 0.3 is 0 Å². The second-order valence-corrected chi connectivity index (χ2v) is 6.90. The first-order valence-electron chi connectivity index (χ1n) is 7.19. The lowest BCUT2D eigenvalue weighted by atomic mass is 10.1. The summed E-state index contributed by atoms with van der Waals surface area (Å²) in [6.45, 7) is 0.791. The van der Waals surface area contributed by atoms with Crippen molar-refractivity contribution in [3.8, 4) is 0 Å². The Morgan fingerprint density at radius 3 is 2.87 bits per heavy atom. The van der Waals surface area contributed by atoms with Crippen LogP contribution >= 0.6 is 0 Å². The Balaban J connectivity index is 2.05. The van der Waals surface area contributed by atoms with Gasteiger partial charge in [0.25, 0.3) is 0 Å². The zero-order valence-corrected chi connectivity index (χ0v) is 13.7. The Morgan fingerprint density at radius 1 is 1.39 bits per heavy atom. The maximum atomic E-state index is 12.1. The number of ether oxygens (including phenoxy) is 1. The number of rotatable bonds is 7. The van der Waals surface area contributed by atoms with Gasteiger partial charge in [-0.05, 0) is 23.3 Å². The zero-order chi connectivity index (χ0) is 16.9. The summed E-state index contributed by atoms with van der Waals surface area (Å²) in [6, 6.07) is 5.14. The van der Waals surface area contributed by atoms with Crippen molar-refractivity contribution in [2.45, 2.75) is 17.4 Å². The quantitative estimate of drug-likeness (QED) is 0.712. The van der Waals surface area contributed by atoms with Gasteiger partial charge in [-0.3, -0.25) is 4.79 Å². The van der Waals surface area contributed by atoms with Crippen molar-refractivity contribution < 1.29 is 17.9 Å². The molecule has 1 heterocycles. The highest BCUT2D eigenvalue weighted by Gasteiger charge is 2.23. The van der Waals surface area contributed by atoms with Gasteiger partial charge in [-0.2, -0.15) is 0 Å². The van der Waals surface area contributed by atoms with E-state index in [0.717, 1.165) is 5.56 Å². The van der Waals surface area contributed by atoms with E-state index in [-0.39, 0.29) is 10.8 Å². The number of hydrogen-bond acceptors (Lipinski definition) is 5. The molecule has 0 radical (unpaired) electrons. The maximum absolute atomic E-state index is 12.1. The molecule has 1 amide bonds. The van der Waals surface area contributed by atoms with Crippen LogP contribution < -0.4 is 11.1 Å². The first kappa shape index (κ1) is 17.4. The molecular weight excluding hydrogens is 316 g/mol. The van der Waals surface area contributed by atoms with Crippen molar-refractivity contribution in [2.24, 2.45) is 5.73 Å². The van der Waals surface area contributed by atoms with Crippen LogP contribution in [-0.4, -0.2) is 40.6 Å². The van der Waals surface area contributed by atoms with E-state index in [4.69, 9.17) is 10.5 Å². The maximum Gasteiger partial charge on any atom is 0.249 e. The van der Waals surface area contributed by atoms with Crippen LogP contribution in [0.5, 0.6) is 0 Å². The first-order valence-corrected chi connectivity index (χ1v) is 8.74. The fourth-order valence-electron chi connectivity index (χ4n) is 2.28. The molecule has 7 heteroatoms. The molecule has 0 saturated carbocycles. The minimum absolute atomic E-state index is 0.254. The summed E-state index contributed by atoms with van der Waals surface area (Å²) in [4.78, 5) is 12.3. The summed E-state index contributed by atoms with van der Waals surface area (Å²) >= 11 is 0. The Kier molecular flexibility index (Phi) is 5.70. The van der Waals surface area contributed by atoms with E-state index in [0.29, 0.717) is 25.1 Å². The molecule has 0 aromatic heterocycles. The third-order valence-corrected chi connectivity index (χ3v) is 4.97. The molecule has 6 nitrogen and oxygen atoms in total. The molecule has 0 spiro atoms. The summed E-state index contributed by atoms with van der Waals surface area (Å²) < 4.78 is 29.0. The summed E-state index contributed by atoms with van der Waals surface area (Å²) in [5.74, 6) is -0.254. The van der Waals surface area contributed by atoms with Gasteiger partial charge in [-0.15, -0.1) is 0 Å². The number of carbonyl (C=O) groups excluding carboxylic acids is 1. The molecule has 124 valence electrons. The number of sulfone groups is 1. The summed E-state index contributed by atoms with van der Waals surface area (Å²) in [6.07, 6.45) is 4.69. The Bertz CT molecular complexity index is 738. The number of nitrogens with two attached hydrogens (primary N) is 1. The lowest BCUT2D eigenvalue weighted by molar-refractivity contribution is -0.130. The van der Waals surface area contributed by atoms with Crippen LogP contribution in [0.25, 0.3) is 6.08 Å². The number of methoxy groups -OCH3 is 1. The van der Waals surface area contributed by atoms with E-state index in [1.807, 2.05) is 0 Å². The van der Waals surface area contributed by atoms with Gasteiger partial charge in [0, 0.05) is 32.0 Å². The minimum atomic E-state index is -3.35. The van der Waals surface area contributed by atoms with E-state index in [1.165, 1.54) is 12.5 Å². The van der Waals surface area contributed by atoms with Gasteiger partial charge in [0.2, 0.25) is 5.91 Å². The molecular formula is C16H20N2O4S. The van der Waals surface area contributed by atoms with E-state index < -0.39 is 15.9 Å². The molecule has 3 N–H and O–H groups in total. The highest BCUT2D eigenvalue weighted by Crippen LogP contribution is 2.28. The molecule has 1 aliphatic rings. The molecule has 1 aromatic rings. The molecule has 0 unspecified atom stereocenters. The summed E-state index contributed by atoms with van der Waals surface area (Å²) in [5, 5.41) is 3.91. The van der Waals surface area contributed by atoms with Crippen LogP contribution in [0.4, 0.5) is 0 Å². The fourth-order valence-corrected chi connectivity index (χ4v) is 3.53. The van der Waals surface area contributed by atoms with E-state index in [2.05, 4.69) is 5.32 Å². The number of hydrogen-bond donors (Lipinski definition) is 2. The number of fused-ring (bicyclic) bond motifs is 1. The smallest absolute Gasteiger partial charge is 0.249 e. The van der Waals surface area contributed by atoms with Crippen molar-refractivity contribution in [2.75, 3.05) is 20.2 Å². The second-order valence-electron chi connectivity index (χ2n) is 5.10. The molecule has 0 aliphatic carbocycles. The second kappa shape index (κ2) is 7.54. The van der Waals surface area contributed by atoms with Crippen LogP contribution in [-0.2, 0) is 25.8 Å². The highest BCUT2D eigenvalue weighted by molar-refractivity contribution is 7.94. The minimum Gasteiger partial charge on any atom is -0.371 e. The van der Waals surface area contributed by atoms with Crippen LogP contribution in [0.15, 0.2) is 40.7 Å². The molecule has 1 aromatic carbocycles. The SMILES string of the molecule is CO[C@@H](Cc1ccc2c(c1)S(=O)(=O)C=C2)C(=O)NC/C=C/CN. The summed E-state index contributed by atoms with van der Waals surface area (Å²) in [7, 11) is -1.90. The number of benzene rings is 1. The Hall–Kier alpha value is -1.96. The van der Waals surface area contributed by atoms with Gasteiger partial charge < -0.3 is 15.8 Å². The van der Waals surface area contributed by atoms with Crippen molar-refractivity contribution in [1.82, 2.24) is 5.32 Å². The Morgan fingerprint density at radius 2 is 2.17 bits per heavy atom. The number of nitrogens with one attached hydrogen (secondary N) is 1. The van der Waals surface area contributed by atoms with E-state index in [1.54, 1.807) is 36.4 Å². The zero-order valence-electron chi connectivity index (χ0n) is 12.9. The van der Waals surface area contributed by atoms with Crippen molar-refractivity contribution in [3.63, 3.8) is 0 Å². The van der Waals surface area contributed by atoms with Crippen LogP contribution in [0.2, 0.25) is 0 Å². The molecule has 1 atom stereocenters. The van der Waals surface area contributed by atoms with E-state index in [9.17, 15) is 13.2 Å². The highest BCUT2D eigenvalue weighted by atomic mass is 32.2. The third-order valence-electron chi connectivity index (χ3n) is 3.51. The first-order chi connectivity index (χ1) is 11.0. The normalized spacial score (nSPS) is 16.4. The monoisotopic (exact) mass is 336 g/mol. The lowest BCUT2D eigenvalue weighted by Gasteiger charge is -2.15. The van der Waals surface area contributed by atoms with Crippen molar-refractivity contribution >= 4 is 21.8 Å². The number of amides is 1. The average Bonchev–Trinajstić information content (AvgIpc) is 2.84. The molecule has 0 fully saturated rings. The van der Waals surface area contributed by atoms with Gasteiger partial charge in [0.1, 0.15) is 6.10 Å².